The highest BCUT2D eigenvalue weighted by atomic mass is 16.2. The zero-order valence-corrected chi connectivity index (χ0v) is 12.8. The van der Waals surface area contributed by atoms with E-state index in [0.717, 1.165) is 38.5 Å². The van der Waals surface area contributed by atoms with Crippen LogP contribution >= 0.6 is 0 Å². The summed E-state index contributed by atoms with van der Waals surface area (Å²) >= 11 is 0. The molecule has 5 N–H and O–H groups in total. The smallest absolute Gasteiger partial charge is 0.220 e. The van der Waals surface area contributed by atoms with Crippen LogP contribution in [-0.2, 0) is 9.59 Å². The molecule has 0 heterocycles. The molecule has 0 bridgehead atoms. The minimum Gasteiger partial charge on any atom is -0.369 e. The molecule has 1 aliphatic carbocycles. The van der Waals surface area contributed by atoms with Gasteiger partial charge in [-0.25, -0.2) is 0 Å². The van der Waals surface area contributed by atoms with Gasteiger partial charge in [-0.2, -0.15) is 0 Å². The van der Waals surface area contributed by atoms with E-state index < -0.39 is 0 Å². The molecule has 0 radical (unpaired) electrons. The lowest BCUT2D eigenvalue weighted by atomic mass is 9.83. The number of hydrogen-bond donors (Lipinski definition) is 3. The minimum absolute atomic E-state index is 0.00774. The maximum atomic E-state index is 11.9. The number of carbonyl (C=O) groups is 2. The van der Waals surface area contributed by atoms with E-state index in [4.69, 9.17) is 11.5 Å². The average Bonchev–Trinajstić information content (AvgIpc) is 2.37. The SMILES string of the molecule is CC(C)(CCN)CCC(=O)NC1CCC(C(N)=O)CC1. The molecule has 5 nitrogen and oxygen atoms in total. The standard InChI is InChI=1S/C15H29N3O2/c1-15(2,9-10-16)8-7-13(19)18-12-5-3-11(4-6-12)14(17)20/h11-12H,3-10,16H2,1-2H3,(H2,17,20)(H,18,19). The molecule has 5 heteroatoms. The second-order valence-corrected chi connectivity index (χ2v) is 6.72. The van der Waals surface area contributed by atoms with Crippen molar-refractivity contribution in [1.29, 1.82) is 0 Å². The van der Waals surface area contributed by atoms with Crippen molar-refractivity contribution in [2.45, 2.75) is 64.8 Å². The maximum absolute atomic E-state index is 11.9. The van der Waals surface area contributed by atoms with Gasteiger partial charge in [-0.05, 0) is 50.5 Å². The molecule has 0 unspecified atom stereocenters. The lowest BCUT2D eigenvalue weighted by molar-refractivity contribution is -0.123. The third kappa shape index (κ3) is 5.90. The van der Waals surface area contributed by atoms with Gasteiger partial charge in [0.25, 0.3) is 0 Å². The second kappa shape index (κ2) is 7.62. The number of nitrogens with two attached hydrogens (primary N) is 2. The topological polar surface area (TPSA) is 98.2 Å². The molecule has 0 aromatic carbocycles. The molecule has 1 saturated carbocycles. The van der Waals surface area contributed by atoms with Crippen LogP contribution in [0.15, 0.2) is 0 Å². The summed E-state index contributed by atoms with van der Waals surface area (Å²) in [6.07, 6.45) is 5.62. The van der Waals surface area contributed by atoms with Crippen LogP contribution in [0.4, 0.5) is 0 Å². The first kappa shape index (κ1) is 17.0. The Balaban J connectivity index is 2.25. The van der Waals surface area contributed by atoms with Crippen LogP contribution in [0.1, 0.15) is 58.8 Å². The van der Waals surface area contributed by atoms with Crippen molar-refractivity contribution in [2.24, 2.45) is 22.8 Å². The largest absolute Gasteiger partial charge is 0.369 e. The van der Waals surface area contributed by atoms with Gasteiger partial charge in [0, 0.05) is 18.4 Å². The van der Waals surface area contributed by atoms with Gasteiger partial charge in [0.1, 0.15) is 0 Å². The van der Waals surface area contributed by atoms with Gasteiger partial charge in [-0.1, -0.05) is 13.8 Å². The Labute approximate surface area is 121 Å². The average molecular weight is 283 g/mol. The number of rotatable bonds is 7. The molecular weight excluding hydrogens is 254 g/mol. The molecule has 0 aliphatic heterocycles. The fourth-order valence-corrected chi connectivity index (χ4v) is 2.79. The van der Waals surface area contributed by atoms with Gasteiger partial charge in [0.05, 0.1) is 0 Å². The van der Waals surface area contributed by atoms with E-state index in [1.54, 1.807) is 0 Å². The molecule has 0 atom stereocenters. The highest BCUT2D eigenvalue weighted by Gasteiger charge is 2.26. The predicted molar refractivity (Wildman–Crippen MR) is 79.8 cm³/mol. The molecule has 1 rings (SSSR count). The van der Waals surface area contributed by atoms with Crippen molar-refractivity contribution in [3.8, 4) is 0 Å². The fourth-order valence-electron chi connectivity index (χ4n) is 2.79. The monoisotopic (exact) mass is 283 g/mol. The van der Waals surface area contributed by atoms with E-state index in [1.165, 1.54) is 0 Å². The minimum atomic E-state index is -0.210. The number of hydrogen-bond acceptors (Lipinski definition) is 3. The molecule has 2 amide bonds. The second-order valence-electron chi connectivity index (χ2n) is 6.72. The lowest BCUT2D eigenvalue weighted by Gasteiger charge is -2.28. The van der Waals surface area contributed by atoms with Crippen LogP contribution < -0.4 is 16.8 Å². The molecule has 1 fully saturated rings. The summed E-state index contributed by atoms with van der Waals surface area (Å²) in [5.74, 6) is -0.109. The molecule has 0 saturated heterocycles. The number of primary amides is 1. The number of carbonyl (C=O) groups excluding carboxylic acids is 2. The third-order valence-corrected chi connectivity index (χ3v) is 4.34. The predicted octanol–water partition coefficient (Wildman–Crippen LogP) is 1.30. The van der Waals surface area contributed by atoms with Gasteiger partial charge in [0.15, 0.2) is 0 Å². The van der Waals surface area contributed by atoms with Gasteiger partial charge < -0.3 is 16.8 Å². The molecule has 0 aromatic heterocycles. The summed E-state index contributed by atoms with van der Waals surface area (Å²) in [6, 6.07) is 0.204. The van der Waals surface area contributed by atoms with E-state index in [-0.39, 0.29) is 29.2 Å². The van der Waals surface area contributed by atoms with Gasteiger partial charge in [-0.15, -0.1) is 0 Å². The lowest BCUT2D eigenvalue weighted by Crippen LogP contribution is -2.40. The highest BCUT2D eigenvalue weighted by Crippen LogP contribution is 2.27. The molecule has 20 heavy (non-hydrogen) atoms. The van der Waals surface area contributed by atoms with Gasteiger partial charge in [-0.3, -0.25) is 9.59 Å². The summed E-state index contributed by atoms with van der Waals surface area (Å²) in [4.78, 5) is 23.0. The molecule has 0 spiro atoms. The zero-order chi connectivity index (χ0) is 15.2. The maximum Gasteiger partial charge on any atom is 0.220 e. The zero-order valence-electron chi connectivity index (χ0n) is 12.8. The van der Waals surface area contributed by atoms with E-state index in [0.29, 0.717) is 13.0 Å². The normalized spacial score (nSPS) is 23.4. The van der Waals surface area contributed by atoms with Crippen LogP contribution in [0.5, 0.6) is 0 Å². The summed E-state index contributed by atoms with van der Waals surface area (Å²) in [5, 5.41) is 3.07. The van der Waals surface area contributed by atoms with E-state index in [9.17, 15) is 9.59 Å². The summed E-state index contributed by atoms with van der Waals surface area (Å²) in [6.45, 7) is 4.95. The van der Waals surface area contributed by atoms with Gasteiger partial charge >= 0.3 is 0 Å². The number of nitrogens with one attached hydrogen (secondary N) is 1. The first-order valence-corrected chi connectivity index (χ1v) is 7.63. The Morgan fingerprint density at radius 3 is 2.25 bits per heavy atom. The van der Waals surface area contributed by atoms with Crippen molar-refractivity contribution in [2.75, 3.05) is 6.54 Å². The first-order chi connectivity index (χ1) is 9.34. The molecular formula is C15H29N3O2. The van der Waals surface area contributed by atoms with E-state index >= 15 is 0 Å². The Bertz CT molecular complexity index is 334. The van der Waals surface area contributed by atoms with Crippen molar-refractivity contribution in [3.63, 3.8) is 0 Å². The molecule has 0 aromatic rings. The van der Waals surface area contributed by atoms with Crippen LogP contribution in [0.3, 0.4) is 0 Å². The van der Waals surface area contributed by atoms with Crippen molar-refractivity contribution >= 4 is 11.8 Å². The van der Waals surface area contributed by atoms with Gasteiger partial charge in [0.2, 0.25) is 11.8 Å². The summed E-state index contributed by atoms with van der Waals surface area (Å²) in [5.41, 5.74) is 11.0. The quantitative estimate of drug-likeness (QED) is 0.657. The van der Waals surface area contributed by atoms with Crippen LogP contribution in [-0.4, -0.2) is 24.4 Å². The van der Waals surface area contributed by atoms with Crippen molar-refractivity contribution in [1.82, 2.24) is 5.32 Å². The third-order valence-electron chi connectivity index (χ3n) is 4.34. The summed E-state index contributed by atoms with van der Waals surface area (Å²) in [7, 11) is 0. The van der Waals surface area contributed by atoms with Crippen LogP contribution in [0.25, 0.3) is 0 Å². The van der Waals surface area contributed by atoms with Crippen LogP contribution in [0.2, 0.25) is 0 Å². The Hall–Kier alpha value is -1.10. The molecule has 116 valence electrons. The van der Waals surface area contributed by atoms with E-state index in [2.05, 4.69) is 19.2 Å². The Morgan fingerprint density at radius 1 is 1.15 bits per heavy atom. The highest BCUT2D eigenvalue weighted by molar-refractivity contribution is 5.77. The summed E-state index contributed by atoms with van der Waals surface area (Å²) < 4.78 is 0. The number of amides is 2. The Kier molecular flexibility index (Phi) is 6.46. The fraction of sp³-hybridized carbons (Fsp3) is 0.867. The van der Waals surface area contributed by atoms with E-state index in [1.807, 2.05) is 0 Å². The Morgan fingerprint density at radius 2 is 1.75 bits per heavy atom. The van der Waals surface area contributed by atoms with Crippen molar-refractivity contribution < 1.29 is 9.59 Å². The molecule has 1 aliphatic rings. The van der Waals surface area contributed by atoms with Crippen molar-refractivity contribution in [3.05, 3.63) is 0 Å². The first-order valence-electron chi connectivity index (χ1n) is 7.63. The van der Waals surface area contributed by atoms with Crippen LogP contribution in [0, 0.1) is 11.3 Å².